The zero-order valence-corrected chi connectivity index (χ0v) is 14.5. The number of anilines is 1. The molecule has 1 aliphatic rings. The van der Waals surface area contributed by atoms with Crippen LogP contribution in [0.1, 0.15) is 12.0 Å². The first-order chi connectivity index (χ1) is 12.0. The number of carbonyl (C=O) groups is 2. The van der Waals surface area contributed by atoms with Crippen LogP contribution in [-0.4, -0.2) is 18.6 Å². The van der Waals surface area contributed by atoms with Crippen LogP contribution in [0.2, 0.25) is 10.0 Å². The molecular formula is C17H14Cl2N2O4. The van der Waals surface area contributed by atoms with Gasteiger partial charge in [0, 0.05) is 12.2 Å². The quantitative estimate of drug-likeness (QED) is 0.779. The van der Waals surface area contributed by atoms with Gasteiger partial charge in [0.2, 0.25) is 18.6 Å². The summed E-state index contributed by atoms with van der Waals surface area (Å²) < 4.78 is 10.5. The van der Waals surface area contributed by atoms with Crippen LogP contribution in [0.4, 0.5) is 5.69 Å². The van der Waals surface area contributed by atoms with Gasteiger partial charge in [0.1, 0.15) is 6.42 Å². The van der Waals surface area contributed by atoms with Gasteiger partial charge >= 0.3 is 0 Å². The van der Waals surface area contributed by atoms with E-state index in [-0.39, 0.29) is 19.8 Å². The molecule has 2 aromatic carbocycles. The lowest BCUT2D eigenvalue weighted by Crippen LogP contribution is -2.27. The van der Waals surface area contributed by atoms with Gasteiger partial charge in [-0.15, -0.1) is 0 Å². The SMILES string of the molecule is O=C(CC(=O)Nc1ccc(Cl)c(Cl)c1)NCc1ccc2c(c1)OCO2. The second kappa shape index (κ2) is 7.63. The van der Waals surface area contributed by atoms with Crippen molar-refractivity contribution in [3.63, 3.8) is 0 Å². The maximum Gasteiger partial charge on any atom is 0.233 e. The summed E-state index contributed by atoms with van der Waals surface area (Å²) in [7, 11) is 0. The predicted molar refractivity (Wildman–Crippen MR) is 94.1 cm³/mol. The highest BCUT2D eigenvalue weighted by Crippen LogP contribution is 2.32. The standard InChI is InChI=1S/C17H14Cl2N2O4/c18-12-3-2-11(6-13(12)19)21-17(23)7-16(22)20-8-10-1-4-14-15(5-10)25-9-24-14/h1-6H,7-9H2,(H,20,22)(H,21,23). The van der Waals surface area contributed by atoms with Crippen LogP contribution in [0, 0.1) is 0 Å². The summed E-state index contributed by atoms with van der Waals surface area (Å²) in [5, 5.41) is 5.99. The van der Waals surface area contributed by atoms with E-state index < -0.39 is 11.8 Å². The van der Waals surface area contributed by atoms with Gasteiger partial charge in [-0.2, -0.15) is 0 Å². The Bertz CT molecular complexity index is 826. The molecule has 0 atom stereocenters. The molecule has 0 fully saturated rings. The fourth-order valence-corrected chi connectivity index (χ4v) is 2.54. The van der Waals surface area contributed by atoms with E-state index in [1.54, 1.807) is 24.3 Å². The lowest BCUT2D eigenvalue weighted by molar-refractivity contribution is -0.126. The van der Waals surface area contributed by atoms with E-state index in [0.717, 1.165) is 5.56 Å². The van der Waals surface area contributed by atoms with Crippen LogP contribution in [0.3, 0.4) is 0 Å². The van der Waals surface area contributed by atoms with Crippen LogP contribution < -0.4 is 20.1 Å². The van der Waals surface area contributed by atoms with Crippen molar-refractivity contribution in [2.45, 2.75) is 13.0 Å². The van der Waals surface area contributed by atoms with E-state index in [1.165, 1.54) is 6.07 Å². The molecule has 3 rings (SSSR count). The first kappa shape index (κ1) is 17.4. The van der Waals surface area contributed by atoms with E-state index in [2.05, 4.69) is 10.6 Å². The first-order valence-corrected chi connectivity index (χ1v) is 8.17. The minimum absolute atomic E-state index is 0.194. The Kier molecular flexibility index (Phi) is 5.31. The molecule has 0 radical (unpaired) electrons. The number of rotatable bonds is 5. The van der Waals surface area contributed by atoms with Gasteiger partial charge in [-0.25, -0.2) is 0 Å². The zero-order chi connectivity index (χ0) is 17.8. The molecule has 0 bridgehead atoms. The van der Waals surface area contributed by atoms with Crippen LogP contribution in [-0.2, 0) is 16.1 Å². The Morgan fingerprint density at radius 3 is 2.56 bits per heavy atom. The fraction of sp³-hybridized carbons (Fsp3) is 0.176. The fourth-order valence-electron chi connectivity index (χ4n) is 2.24. The summed E-state index contributed by atoms with van der Waals surface area (Å²) in [5.74, 6) is 0.483. The molecular weight excluding hydrogens is 367 g/mol. The highest BCUT2D eigenvalue weighted by atomic mass is 35.5. The molecule has 0 aromatic heterocycles. The van der Waals surface area contributed by atoms with E-state index >= 15 is 0 Å². The van der Waals surface area contributed by atoms with Crippen molar-refractivity contribution in [1.82, 2.24) is 5.32 Å². The molecule has 2 amide bonds. The minimum Gasteiger partial charge on any atom is -0.454 e. The summed E-state index contributed by atoms with van der Waals surface area (Å²) in [5.41, 5.74) is 1.32. The predicted octanol–water partition coefficient (Wildman–Crippen LogP) is 3.37. The molecule has 0 saturated heterocycles. The molecule has 2 aromatic rings. The van der Waals surface area contributed by atoms with Crippen molar-refractivity contribution in [1.29, 1.82) is 0 Å². The van der Waals surface area contributed by atoms with E-state index in [1.807, 2.05) is 6.07 Å². The van der Waals surface area contributed by atoms with E-state index in [9.17, 15) is 9.59 Å². The number of amides is 2. The second-order valence-corrected chi connectivity index (χ2v) is 6.13. The molecule has 0 unspecified atom stereocenters. The first-order valence-electron chi connectivity index (χ1n) is 7.41. The number of nitrogens with one attached hydrogen (secondary N) is 2. The van der Waals surface area contributed by atoms with Crippen molar-refractivity contribution in [2.24, 2.45) is 0 Å². The van der Waals surface area contributed by atoms with Crippen LogP contribution in [0.15, 0.2) is 36.4 Å². The molecule has 25 heavy (non-hydrogen) atoms. The third-order valence-corrected chi connectivity index (χ3v) is 4.19. The van der Waals surface area contributed by atoms with Crippen LogP contribution >= 0.6 is 23.2 Å². The Labute approximate surface area is 154 Å². The summed E-state index contributed by atoms with van der Waals surface area (Å²) in [6.45, 7) is 0.482. The molecule has 2 N–H and O–H groups in total. The van der Waals surface area contributed by atoms with Crippen molar-refractivity contribution in [3.05, 3.63) is 52.0 Å². The molecule has 130 valence electrons. The van der Waals surface area contributed by atoms with Crippen molar-refractivity contribution < 1.29 is 19.1 Å². The van der Waals surface area contributed by atoms with Gasteiger partial charge in [-0.1, -0.05) is 29.3 Å². The summed E-state index contributed by atoms with van der Waals surface area (Å²) >= 11 is 11.7. The van der Waals surface area contributed by atoms with Gasteiger partial charge in [0.15, 0.2) is 11.5 Å². The lowest BCUT2D eigenvalue weighted by atomic mass is 10.2. The number of hydrogen-bond donors (Lipinski definition) is 2. The van der Waals surface area contributed by atoms with Gasteiger partial charge in [-0.3, -0.25) is 9.59 Å². The lowest BCUT2D eigenvalue weighted by Gasteiger charge is -2.08. The van der Waals surface area contributed by atoms with Gasteiger partial charge < -0.3 is 20.1 Å². The normalized spacial score (nSPS) is 11.9. The molecule has 1 heterocycles. The number of benzene rings is 2. The Morgan fingerprint density at radius 2 is 1.76 bits per heavy atom. The van der Waals surface area contributed by atoms with E-state index in [4.69, 9.17) is 32.7 Å². The van der Waals surface area contributed by atoms with Crippen molar-refractivity contribution in [3.8, 4) is 11.5 Å². The maximum absolute atomic E-state index is 11.9. The third-order valence-electron chi connectivity index (χ3n) is 3.45. The van der Waals surface area contributed by atoms with Crippen molar-refractivity contribution in [2.75, 3.05) is 12.1 Å². The Balaban J connectivity index is 1.48. The second-order valence-electron chi connectivity index (χ2n) is 5.32. The summed E-state index contributed by atoms with van der Waals surface area (Å²) in [4.78, 5) is 23.8. The average molecular weight is 381 g/mol. The van der Waals surface area contributed by atoms with Gasteiger partial charge in [-0.05, 0) is 35.9 Å². The monoisotopic (exact) mass is 380 g/mol. The van der Waals surface area contributed by atoms with Crippen molar-refractivity contribution >= 4 is 40.7 Å². The maximum atomic E-state index is 11.9. The molecule has 0 aliphatic carbocycles. The highest BCUT2D eigenvalue weighted by Gasteiger charge is 2.14. The van der Waals surface area contributed by atoms with Crippen LogP contribution in [0.5, 0.6) is 11.5 Å². The highest BCUT2D eigenvalue weighted by molar-refractivity contribution is 6.42. The zero-order valence-electron chi connectivity index (χ0n) is 13.0. The number of halogens is 2. The summed E-state index contributed by atoms with van der Waals surface area (Å²) in [6, 6.07) is 10.1. The van der Waals surface area contributed by atoms with Gasteiger partial charge in [0.05, 0.1) is 10.0 Å². The third kappa shape index (κ3) is 4.55. The molecule has 8 heteroatoms. The Morgan fingerprint density at radius 1 is 0.960 bits per heavy atom. The van der Waals surface area contributed by atoms with Crippen LogP contribution in [0.25, 0.3) is 0 Å². The summed E-state index contributed by atoms with van der Waals surface area (Å²) in [6.07, 6.45) is -0.301. The largest absolute Gasteiger partial charge is 0.454 e. The number of carbonyl (C=O) groups excluding carboxylic acids is 2. The number of ether oxygens (including phenoxy) is 2. The van der Waals surface area contributed by atoms with E-state index in [0.29, 0.717) is 27.2 Å². The molecule has 6 nitrogen and oxygen atoms in total. The smallest absolute Gasteiger partial charge is 0.233 e. The molecule has 1 aliphatic heterocycles. The number of hydrogen-bond acceptors (Lipinski definition) is 4. The molecule has 0 spiro atoms. The van der Waals surface area contributed by atoms with Gasteiger partial charge in [0.25, 0.3) is 0 Å². The Hall–Kier alpha value is -2.44. The topological polar surface area (TPSA) is 76.7 Å². The number of fused-ring (bicyclic) bond motifs is 1. The molecule has 0 saturated carbocycles. The average Bonchev–Trinajstić information content (AvgIpc) is 3.04. The minimum atomic E-state index is -0.443.